The number of carbonyl (C=O) groups is 1. The van der Waals surface area contributed by atoms with Crippen molar-refractivity contribution in [3.05, 3.63) is 65.9 Å². The quantitative estimate of drug-likeness (QED) is 0.470. The monoisotopic (exact) mass is 414 g/mol. The van der Waals surface area contributed by atoms with Crippen LogP contribution in [0.2, 0.25) is 0 Å². The highest BCUT2D eigenvalue weighted by Gasteiger charge is 2.25. The fraction of sp³-hybridized carbons (Fsp3) is 0.208. The van der Waals surface area contributed by atoms with Crippen molar-refractivity contribution in [1.29, 1.82) is 5.26 Å². The second-order valence-electron chi connectivity index (χ2n) is 7.20. The van der Waals surface area contributed by atoms with E-state index in [0.717, 1.165) is 24.1 Å². The summed E-state index contributed by atoms with van der Waals surface area (Å²) >= 11 is 0. The number of nitrogens with one attached hydrogen (secondary N) is 1. The summed E-state index contributed by atoms with van der Waals surface area (Å²) in [7, 11) is 3.15. The van der Waals surface area contributed by atoms with Crippen LogP contribution in [0.1, 0.15) is 18.4 Å². The molecule has 1 aromatic heterocycles. The Morgan fingerprint density at radius 2 is 1.90 bits per heavy atom. The summed E-state index contributed by atoms with van der Waals surface area (Å²) in [5, 5.41) is 17.2. The van der Waals surface area contributed by atoms with E-state index in [0.29, 0.717) is 22.8 Å². The molecule has 0 unspecified atom stereocenters. The zero-order valence-electron chi connectivity index (χ0n) is 17.3. The number of para-hydroxylation sites is 1. The second-order valence-corrected chi connectivity index (χ2v) is 7.20. The number of carbonyl (C=O) groups excluding carboxylic acids is 1. The van der Waals surface area contributed by atoms with E-state index in [1.807, 2.05) is 54.7 Å². The Kier molecular flexibility index (Phi) is 5.72. The molecule has 0 spiro atoms. The van der Waals surface area contributed by atoms with Crippen LogP contribution in [0.4, 0.5) is 0 Å². The number of amides is 1. The van der Waals surface area contributed by atoms with Crippen LogP contribution in [-0.4, -0.2) is 35.9 Å². The summed E-state index contributed by atoms with van der Waals surface area (Å²) < 4.78 is 12.5. The van der Waals surface area contributed by atoms with Gasteiger partial charge in [-0.25, -0.2) is 4.68 Å². The average Bonchev–Trinajstić information content (AvgIpc) is 3.53. The van der Waals surface area contributed by atoms with Crippen LogP contribution >= 0.6 is 0 Å². The predicted molar refractivity (Wildman–Crippen MR) is 117 cm³/mol. The first-order valence-electron chi connectivity index (χ1n) is 9.93. The van der Waals surface area contributed by atoms with Crippen molar-refractivity contribution < 1.29 is 14.3 Å². The Balaban J connectivity index is 1.81. The van der Waals surface area contributed by atoms with Crippen LogP contribution in [0.25, 0.3) is 23.0 Å². The smallest absolute Gasteiger partial charge is 0.262 e. The molecule has 1 amide bonds. The van der Waals surface area contributed by atoms with Gasteiger partial charge in [-0.2, -0.15) is 10.4 Å². The molecule has 2 aromatic carbocycles. The molecule has 1 fully saturated rings. The lowest BCUT2D eigenvalue weighted by Gasteiger charge is -2.09. The van der Waals surface area contributed by atoms with E-state index in [4.69, 9.17) is 14.6 Å². The van der Waals surface area contributed by atoms with E-state index in [-0.39, 0.29) is 17.5 Å². The molecule has 7 nitrogen and oxygen atoms in total. The maximum absolute atomic E-state index is 12.5. The summed E-state index contributed by atoms with van der Waals surface area (Å²) in [4.78, 5) is 12.5. The van der Waals surface area contributed by atoms with Gasteiger partial charge in [-0.1, -0.05) is 18.2 Å². The van der Waals surface area contributed by atoms with Crippen LogP contribution in [0.3, 0.4) is 0 Å². The Bertz CT molecular complexity index is 1170. The van der Waals surface area contributed by atoms with E-state index in [2.05, 4.69) is 5.32 Å². The van der Waals surface area contributed by atoms with Gasteiger partial charge in [-0.15, -0.1) is 0 Å². The van der Waals surface area contributed by atoms with Gasteiger partial charge in [0.25, 0.3) is 5.91 Å². The van der Waals surface area contributed by atoms with Gasteiger partial charge in [-0.05, 0) is 49.2 Å². The number of nitrogens with zero attached hydrogens (tertiary/aromatic N) is 3. The summed E-state index contributed by atoms with van der Waals surface area (Å²) in [5.74, 6) is 0.805. The largest absolute Gasteiger partial charge is 0.493 e. The number of rotatable bonds is 7. The molecule has 1 N–H and O–H groups in total. The lowest BCUT2D eigenvalue weighted by molar-refractivity contribution is -0.117. The van der Waals surface area contributed by atoms with Crippen molar-refractivity contribution in [2.75, 3.05) is 14.2 Å². The molecule has 0 radical (unpaired) electrons. The van der Waals surface area contributed by atoms with Crippen LogP contribution in [0, 0.1) is 11.3 Å². The first kappa shape index (κ1) is 20.2. The summed E-state index contributed by atoms with van der Waals surface area (Å²) in [6.45, 7) is 0. The molecule has 156 valence electrons. The summed E-state index contributed by atoms with van der Waals surface area (Å²) in [6, 6.07) is 17.3. The molecule has 0 atom stereocenters. The minimum absolute atomic E-state index is 0.0428. The second kappa shape index (κ2) is 8.76. The fourth-order valence-electron chi connectivity index (χ4n) is 3.21. The molecule has 4 rings (SSSR count). The molecule has 1 heterocycles. The normalized spacial score (nSPS) is 13.4. The lowest BCUT2D eigenvalue weighted by Crippen LogP contribution is -2.26. The number of hydrogen-bond donors (Lipinski definition) is 1. The third kappa shape index (κ3) is 4.43. The topological polar surface area (TPSA) is 89.2 Å². The van der Waals surface area contributed by atoms with E-state index in [1.54, 1.807) is 31.0 Å². The summed E-state index contributed by atoms with van der Waals surface area (Å²) in [5.41, 5.74) is 2.96. The van der Waals surface area contributed by atoms with Crippen molar-refractivity contribution in [3.8, 4) is 34.5 Å². The fourth-order valence-corrected chi connectivity index (χ4v) is 3.21. The summed E-state index contributed by atoms with van der Waals surface area (Å²) in [6.07, 6.45) is 5.29. The number of ether oxygens (including phenoxy) is 2. The zero-order valence-corrected chi connectivity index (χ0v) is 17.3. The Labute approximate surface area is 180 Å². The average molecular weight is 414 g/mol. The molecule has 0 aliphatic heterocycles. The van der Waals surface area contributed by atoms with Crippen molar-refractivity contribution in [3.63, 3.8) is 0 Å². The SMILES string of the molecule is COc1ccc(-c2nn(-c3ccccc3)cc2/C=C(\C#N)C(=O)NC2CC2)cc1OC. The maximum atomic E-state index is 12.5. The molecule has 31 heavy (non-hydrogen) atoms. The molecular formula is C24H22N4O3. The lowest BCUT2D eigenvalue weighted by atomic mass is 10.1. The third-order valence-corrected chi connectivity index (χ3v) is 5.00. The van der Waals surface area contributed by atoms with Crippen molar-refractivity contribution in [2.45, 2.75) is 18.9 Å². The highest BCUT2D eigenvalue weighted by Crippen LogP contribution is 2.34. The number of nitriles is 1. The standard InChI is InChI=1S/C24H22N4O3/c1-30-21-11-8-16(13-22(21)31-2)23-18(12-17(14-25)24(29)26-19-9-10-19)15-28(27-23)20-6-4-3-5-7-20/h3-8,11-13,15,19H,9-10H2,1-2H3,(H,26,29)/b17-12+. The minimum atomic E-state index is -0.365. The number of methoxy groups -OCH3 is 2. The van der Waals surface area contributed by atoms with Crippen LogP contribution in [-0.2, 0) is 4.79 Å². The number of aromatic nitrogens is 2. The van der Waals surface area contributed by atoms with Gasteiger partial charge in [0.2, 0.25) is 0 Å². The number of hydrogen-bond acceptors (Lipinski definition) is 5. The third-order valence-electron chi connectivity index (χ3n) is 5.00. The van der Waals surface area contributed by atoms with Gasteiger partial charge in [0.1, 0.15) is 17.3 Å². The van der Waals surface area contributed by atoms with Gasteiger partial charge in [0.05, 0.1) is 19.9 Å². The molecule has 1 saturated carbocycles. The van der Waals surface area contributed by atoms with Crippen molar-refractivity contribution in [1.82, 2.24) is 15.1 Å². The first-order chi connectivity index (χ1) is 15.1. The molecule has 1 aliphatic carbocycles. The minimum Gasteiger partial charge on any atom is -0.493 e. The van der Waals surface area contributed by atoms with Gasteiger partial charge in [0.15, 0.2) is 11.5 Å². The van der Waals surface area contributed by atoms with Crippen LogP contribution < -0.4 is 14.8 Å². The van der Waals surface area contributed by atoms with Gasteiger partial charge in [0, 0.05) is 23.4 Å². The van der Waals surface area contributed by atoms with Crippen LogP contribution in [0.5, 0.6) is 11.5 Å². The van der Waals surface area contributed by atoms with Gasteiger partial charge >= 0.3 is 0 Å². The van der Waals surface area contributed by atoms with E-state index in [1.165, 1.54) is 0 Å². The van der Waals surface area contributed by atoms with Crippen molar-refractivity contribution in [2.24, 2.45) is 0 Å². The first-order valence-corrected chi connectivity index (χ1v) is 9.93. The molecule has 3 aromatic rings. The Hall–Kier alpha value is -4.05. The zero-order chi connectivity index (χ0) is 21.8. The molecule has 7 heteroatoms. The molecular weight excluding hydrogens is 392 g/mol. The Morgan fingerprint density at radius 3 is 2.55 bits per heavy atom. The highest BCUT2D eigenvalue weighted by molar-refractivity contribution is 6.02. The maximum Gasteiger partial charge on any atom is 0.262 e. The molecule has 1 aliphatic rings. The number of benzene rings is 2. The van der Waals surface area contributed by atoms with Gasteiger partial charge in [-0.3, -0.25) is 4.79 Å². The van der Waals surface area contributed by atoms with Crippen molar-refractivity contribution >= 4 is 12.0 Å². The van der Waals surface area contributed by atoms with E-state index >= 15 is 0 Å². The Morgan fingerprint density at radius 1 is 1.16 bits per heavy atom. The van der Waals surface area contributed by atoms with E-state index < -0.39 is 0 Å². The molecule has 0 bridgehead atoms. The predicted octanol–water partition coefficient (Wildman–Crippen LogP) is 3.74. The molecule has 0 saturated heterocycles. The van der Waals surface area contributed by atoms with E-state index in [9.17, 15) is 10.1 Å². The van der Waals surface area contributed by atoms with Crippen LogP contribution in [0.15, 0.2) is 60.3 Å². The van der Waals surface area contributed by atoms with Gasteiger partial charge < -0.3 is 14.8 Å². The highest BCUT2D eigenvalue weighted by atomic mass is 16.5.